The molecule has 0 radical (unpaired) electrons. The molecule has 0 aromatic heterocycles. The molecule has 4 nitrogen and oxygen atoms in total. The Bertz CT molecular complexity index is 1090. The molecule has 0 saturated carbocycles. The zero-order chi connectivity index (χ0) is 21.0. The standard InChI is InChI=1S/C21H13Cl4NO3/c22-12-4-6-16(18(24)8-12)20(27)11-29-15-3-1-2-14(10-15)26-21(28)17-7-5-13(23)9-19(17)25/h1-10H,11H2,(H,26,28). The Morgan fingerprint density at radius 3 is 2.03 bits per heavy atom. The highest BCUT2D eigenvalue weighted by Crippen LogP contribution is 2.24. The summed E-state index contributed by atoms with van der Waals surface area (Å²) >= 11 is 23.8. The van der Waals surface area contributed by atoms with Crippen LogP contribution >= 0.6 is 46.4 Å². The Kier molecular flexibility index (Phi) is 7.04. The van der Waals surface area contributed by atoms with Gasteiger partial charge in [-0.15, -0.1) is 0 Å². The number of carbonyl (C=O) groups is 2. The molecule has 1 amide bonds. The van der Waals surface area contributed by atoms with Gasteiger partial charge in [0, 0.05) is 27.4 Å². The SMILES string of the molecule is O=C(COc1cccc(NC(=O)c2ccc(Cl)cc2Cl)c1)c1ccc(Cl)cc1Cl. The zero-order valence-corrected chi connectivity index (χ0v) is 17.7. The number of ketones is 1. The molecule has 8 heteroatoms. The van der Waals surface area contributed by atoms with Crippen LogP contribution < -0.4 is 10.1 Å². The normalized spacial score (nSPS) is 10.5. The number of rotatable bonds is 6. The maximum atomic E-state index is 12.4. The van der Waals surface area contributed by atoms with E-state index >= 15 is 0 Å². The van der Waals surface area contributed by atoms with E-state index in [0.29, 0.717) is 27.0 Å². The monoisotopic (exact) mass is 467 g/mol. The Labute approximate surface area is 187 Å². The van der Waals surface area contributed by atoms with Crippen molar-refractivity contribution in [1.29, 1.82) is 0 Å². The van der Waals surface area contributed by atoms with Crippen molar-refractivity contribution < 1.29 is 14.3 Å². The van der Waals surface area contributed by atoms with Crippen molar-refractivity contribution in [2.45, 2.75) is 0 Å². The Morgan fingerprint density at radius 1 is 0.793 bits per heavy atom. The van der Waals surface area contributed by atoms with Gasteiger partial charge in [0.1, 0.15) is 5.75 Å². The van der Waals surface area contributed by atoms with Crippen molar-refractivity contribution in [3.63, 3.8) is 0 Å². The summed E-state index contributed by atoms with van der Waals surface area (Å²) in [6.07, 6.45) is 0. The molecule has 1 N–H and O–H groups in total. The number of hydrogen-bond donors (Lipinski definition) is 1. The van der Waals surface area contributed by atoms with Gasteiger partial charge in [0.2, 0.25) is 5.78 Å². The van der Waals surface area contributed by atoms with Crippen LogP contribution in [-0.2, 0) is 0 Å². The van der Waals surface area contributed by atoms with Crippen LogP contribution in [-0.4, -0.2) is 18.3 Å². The van der Waals surface area contributed by atoms with Gasteiger partial charge >= 0.3 is 0 Å². The number of ether oxygens (including phenoxy) is 1. The fourth-order valence-corrected chi connectivity index (χ4v) is 3.49. The van der Waals surface area contributed by atoms with Crippen LogP contribution in [0.1, 0.15) is 20.7 Å². The molecular weight excluding hydrogens is 456 g/mol. The molecule has 0 aliphatic heterocycles. The summed E-state index contributed by atoms with van der Waals surface area (Å²) in [5.41, 5.74) is 1.09. The van der Waals surface area contributed by atoms with Crippen molar-refractivity contribution in [1.82, 2.24) is 0 Å². The molecule has 3 aromatic carbocycles. The van der Waals surface area contributed by atoms with Crippen LogP contribution in [0, 0.1) is 0 Å². The first-order valence-electron chi connectivity index (χ1n) is 8.31. The number of benzene rings is 3. The smallest absolute Gasteiger partial charge is 0.257 e. The van der Waals surface area contributed by atoms with E-state index in [-0.39, 0.29) is 28.0 Å². The van der Waals surface area contributed by atoms with Crippen molar-refractivity contribution in [2.24, 2.45) is 0 Å². The molecule has 0 unspecified atom stereocenters. The van der Waals surface area contributed by atoms with Crippen LogP contribution in [0.25, 0.3) is 0 Å². The first-order chi connectivity index (χ1) is 13.8. The first-order valence-corrected chi connectivity index (χ1v) is 9.82. The quantitative estimate of drug-likeness (QED) is 0.404. The average Bonchev–Trinajstić information content (AvgIpc) is 2.66. The lowest BCUT2D eigenvalue weighted by molar-refractivity contribution is 0.0921. The van der Waals surface area contributed by atoms with Crippen LogP contribution in [0.4, 0.5) is 5.69 Å². The summed E-state index contributed by atoms with van der Waals surface area (Å²) < 4.78 is 5.54. The van der Waals surface area contributed by atoms with Gasteiger partial charge in [-0.2, -0.15) is 0 Å². The van der Waals surface area contributed by atoms with Crippen molar-refractivity contribution >= 4 is 63.8 Å². The number of Topliss-reactive ketones (excluding diaryl/α,β-unsaturated/α-hetero) is 1. The van der Waals surface area contributed by atoms with Crippen molar-refractivity contribution in [3.8, 4) is 5.75 Å². The van der Waals surface area contributed by atoms with Crippen LogP contribution in [0.2, 0.25) is 20.1 Å². The number of anilines is 1. The van der Waals surface area contributed by atoms with E-state index in [1.807, 2.05) is 0 Å². The minimum absolute atomic E-state index is 0.220. The molecule has 0 aliphatic rings. The number of carbonyl (C=O) groups excluding carboxylic acids is 2. The van der Waals surface area contributed by atoms with Crippen molar-refractivity contribution in [3.05, 3.63) is 91.9 Å². The van der Waals surface area contributed by atoms with Gasteiger partial charge in [-0.3, -0.25) is 9.59 Å². The summed E-state index contributed by atoms with van der Waals surface area (Å²) in [7, 11) is 0. The molecule has 0 spiro atoms. The summed E-state index contributed by atoms with van der Waals surface area (Å²) in [6.45, 7) is -0.220. The lowest BCUT2D eigenvalue weighted by Gasteiger charge is -2.10. The maximum Gasteiger partial charge on any atom is 0.257 e. The highest BCUT2D eigenvalue weighted by Gasteiger charge is 2.13. The average molecular weight is 469 g/mol. The molecule has 0 fully saturated rings. The summed E-state index contributed by atoms with van der Waals surface area (Å²) in [4.78, 5) is 24.7. The summed E-state index contributed by atoms with van der Waals surface area (Å²) in [5.74, 6) is -0.287. The van der Waals surface area contributed by atoms with Gasteiger partial charge in [-0.25, -0.2) is 0 Å². The van der Waals surface area contributed by atoms with Gasteiger partial charge in [-0.05, 0) is 48.5 Å². The largest absolute Gasteiger partial charge is 0.485 e. The number of halogens is 4. The zero-order valence-electron chi connectivity index (χ0n) is 14.7. The molecule has 3 aromatic rings. The van der Waals surface area contributed by atoms with E-state index in [4.69, 9.17) is 51.1 Å². The minimum atomic E-state index is -0.396. The molecular formula is C21H13Cl4NO3. The predicted octanol–water partition coefficient (Wildman–Crippen LogP) is 6.81. The molecule has 0 atom stereocenters. The lowest BCUT2D eigenvalue weighted by atomic mass is 10.1. The highest BCUT2D eigenvalue weighted by atomic mass is 35.5. The molecule has 0 bridgehead atoms. The third-order valence-electron chi connectivity index (χ3n) is 3.87. The van der Waals surface area contributed by atoms with E-state index in [0.717, 1.165) is 0 Å². The third kappa shape index (κ3) is 5.64. The van der Waals surface area contributed by atoms with Crippen LogP contribution in [0.3, 0.4) is 0 Å². The highest BCUT2D eigenvalue weighted by molar-refractivity contribution is 6.37. The van der Waals surface area contributed by atoms with Gasteiger partial charge < -0.3 is 10.1 Å². The maximum absolute atomic E-state index is 12.4. The second kappa shape index (κ2) is 9.51. The summed E-state index contributed by atoms with van der Waals surface area (Å²) in [5, 5.41) is 4.11. The fourth-order valence-electron chi connectivity index (χ4n) is 2.48. The lowest BCUT2D eigenvalue weighted by Crippen LogP contribution is -2.14. The third-order valence-corrected chi connectivity index (χ3v) is 4.96. The Balaban J connectivity index is 1.66. The molecule has 148 valence electrons. The molecule has 29 heavy (non-hydrogen) atoms. The van der Waals surface area contributed by atoms with E-state index in [2.05, 4.69) is 5.32 Å². The van der Waals surface area contributed by atoms with Crippen LogP contribution in [0.15, 0.2) is 60.7 Å². The minimum Gasteiger partial charge on any atom is -0.485 e. The van der Waals surface area contributed by atoms with Gasteiger partial charge in [-0.1, -0.05) is 52.5 Å². The van der Waals surface area contributed by atoms with Gasteiger partial charge in [0.25, 0.3) is 5.91 Å². The fraction of sp³-hybridized carbons (Fsp3) is 0.0476. The number of amides is 1. The first kappa shape index (κ1) is 21.5. The molecule has 3 rings (SSSR count). The van der Waals surface area contributed by atoms with E-state index in [1.54, 1.807) is 42.5 Å². The second-order valence-corrected chi connectivity index (χ2v) is 7.63. The van der Waals surface area contributed by atoms with Crippen LogP contribution in [0.5, 0.6) is 5.75 Å². The second-order valence-electron chi connectivity index (χ2n) is 5.94. The topological polar surface area (TPSA) is 55.4 Å². The van der Waals surface area contributed by atoms with Crippen molar-refractivity contribution in [2.75, 3.05) is 11.9 Å². The molecule has 0 saturated heterocycles. The summed E-state index contributed by atoms with van der Waals surface area (Å²) in [6, 6.07) is 15.9. The Morgan fingerprint density at radius 2 is 1.41 bits per heavy atom. The van der Waals surface area contributed by atoms with Gasteiger partial charge in [0.15, 0.2) is 6.61 Å². The molecule has 0 heterocycles. The van der Waals surface area contributed by atoms with E-state index in [1.165, 1.54) is 18.2 Å². The van der Waals surface area contributed by atoms with E-state index < -0.39 is 5.91 Å². The number of nitrogens with one attached hydrogen (secondary N) is 1. The van der Waals surface area contributed by atoms with E-state index in [9.17, 15) is 9.59 Å². The number of hydrogen-bond acceptors (Lipinski definition) is 3. The Hall–Kier alpha value is -2.24. The molecule has 0 aliphatic carbocycles. The van der Waals surface area contributed by atoms with Gasteiger partial charge in [0.05, 0.1) is 15.6 Å². The predicted molar refractivity (Wildman–Crippen MR) is 117 cm³/mol.